The van der Waals surface area contributed by atoms with Gasteiger partial charge in [-0.3, -0.25) is 9.59 Å². The molecular formula is C22H34N2O4. The monoisotopic (exact) mass is 390 g/mol. The van der Waals surface area contributed by atoms with E-state index in [2.05, 4.69) is 6.92 Å². The average Bonchev–Trinajstić information content (AvgIpc) is 2.70. The fourth-order valence-corrected chi connectivity index (χ4v) is 3.79. The zero-order valence-electron chi connectivity index (χ0n) is 17.9. The molecule has 1 heterocycles. The van der Waals surface area contributed by atoms with E-state index in [1.807, 2.05) is 30.9 Å². The van der Waals surface area contributed by atoms with Gasteiger partial charge in [-0.1, -0.05) is 20.3 Å². The van der Waals surface area contributed by atoms with Crippen LogP contribution < -0.4 is 9.47 Å². The van der Waals surface area contributed by atoms with Crippen molar-refractivity contribution in [1.29, 1.82) is 0 Å². The number of fused-ring (bicyclic) bond motifs is 1. The van der Waals surface area contributed by atoms with E-state index < -0.39 is 0 Å². The lowest BCUT2D eigenvalue weighted by atomic mass is 9.92. The molecule has 0 N–H and O–H groups in total. The van der Waals surface area contributed by atoms with Crippen LogP contribution in [0.25, 0.3) is 0 Å². The Bertz CT molecular complexity index is 689. The molecule has 1 atom stereocenters. The molecule has 2 amide bonds. The third-order valence-electron chi connectivity index (χ3n) is 5.42. The third-order valence-corrected chi connectivity index (χ3v) is 5.42. The van der Waals surface area contributed by atoms with Crippen LogP contribution in [0.3, 0.4) is 0 Å². The maximum Gasteiger partial charge on any atom is 0.242 e. The van der Waals surface area contributed by atoms with E-state index in [1.165, 1.54) is 5.56 Å². The number of hydrogen-bond acceptors (Lipinski definition) is 4. The lowest BCUT2D eigenvalue weighted by Gasteiger charge is -2.37. The highest BCUT2D eigenvalue weighted by Crippen LogP contribution is 2.37. The van der Waals surface area contributed by atoms with Crippen molar-refractivity contribution in [2.75, 3.05) is 33.9 Å². The molecule has 0 spiro atoms. The zero-order chi connectivity index (χ0) is 20.7. The molecule has 28 heavy (non-hydrogen) atoms. The summed E-state index contributed by atoms with van der Waals surface area (Å²) in [6.45, 7) is 7.56. The number of benzene rings is 1. The highest BCUT2D eigenvalue weighted by Gasteiger charge is 2.30. The minimum atomic E-state index is -0.0646. The Balaban J connectivity index is 2.15. The smallest absolute Gasteiger partial charge is 0.242 e. The largest absolute Gasteiger partial charge is 0.493 e. The first-order valence-electron chi connectivity index (χ1n) is 10.3. The van der Waals surface area contributed by atoms with Crippen molar-refractivity contribution in [3.05, 3.63) is 23.3 Å². The quantitative estimate of drug-likeness (QED) is 0.647. The second-order valence-electron chi connectivity index (χ2n) is 7.34. The SMILES string of the molecule is CCCCC(=O)N(CCC)CC(=O)N1CCc2cc(OC)c(OC)cc2C1C. The maximum atomic E-state index is 13.0. The third kappa shape index (κ3) is 4.97. The molecule has 0 saturated carbocycles. The summed E-state index contributed by atoms with van der Waals surface area (Å²) in [5.74, 6) is 1.47. The summed E-state index contributed by atoms with van der Waals surface area (Å²) in [7, 11) is 3.25. The first-order chi connectivity index (χ1) is 13.5. The Labute approximate surface area is 168 Å². The van der Waals surface area contributed by atoms with Gasteiger partial charge in [-0.2, -0.15) is 0 Å². The van der Waals surface area contributed by atoms with Gasteiger partial charge < -0.3 is 19.3 Å². The van der Waals surface area contributed by atoms with Crippen molar-refractivity contribution in [2.24, 2.45) is 0 Å². The molecule has 0 aliphatic carbocycles. The van der Waals surface area contributed by atoms with Gasteiger partial charge in [0.25, 0.3) is 0 Å². The van der Waals surface area contributed by atoms with Crippen LogP contribution in [-0.4, -0.2) is 55.5 Å². The van der Waals surface area contributed by atoms with Gasteiger partial charge in [-0.25, -0.2) is 0 Å². The molecule has 1 aromatic carbocycles. The molecule has 156 valence electrons. The van der Waals surface area contributed by atoms with Crippen molar-refractivity contribution in [3.8, 4) is 11.5 Å². The van der Waals surface area contributed by atoms with Gasteiger partial charge in [0.15, 0.2) is 11.5 Å². The molecule has 1 unspecified atom stereocenters. The summed E-state index contributed by atoms with van der Waals surface area (Å²) >= 11 is 0. The summed E-state index contributed by atoms with van der Waals surface area (Å²) < 4.78 is 10.8. The van der Waals surface area contributed by atoms with Crippen LogP contribution >= 0.6 is 0 Å². The van der Waals surface area contributed by atoms with Crippen LogP contribution in [0.5, 0.6) is 11.5 Å². The van der Waals surface area contributed by atoms with Crippen LogP contribution in [-0.2, 0) is 16.0 Å². The van der Waals surface area contributed by atoms with Crippen molar-refractivity contribution < 1.29 is 19.1 Å². The van der Waals surface area contributed by atoms with Gasteiger partial charge in [-0.15, -0.1) is 0 Å². The Hall–Kier alpha value is -2.24. The van der Waals surface area contributed by atoms with Crippen molar-refractivity contribution >= 4 is 11.8 Å². The van der Waals surface area contributed by atoms with Gasteiger partial charge in [0.2, 0.25) is 11.8 Å². The minimum absolute atomic E-state index is 0.00577. The highest BCUT2D eigenvalue weighted by atomic mass is 16.5. The Morgan fingerprint density at radius 1 is 1.14 bits per heavy atom. The van der Waals surface area contributed by atoms with Gasteiger partial charge in [0.05, 0.1) is 26.8 Å². The molecule has 1 aliphatic heterocycles. The highest BCUT2D eigenvalue weighted by molar-refractivity contribution is 5.85. The van der Waals surface area contributed by atoms with E-state index in [9.17, 15) is 9.59 Å². The van der Waals surface area contributed by atoms with E-state index >= 15 is 0 Å². The molecule has 0 fully saturated rings. The molecule has 0 bridgehead atoms. The minimum Gasteiger partial charge on any atom is -0.493 e. The van der Waals surface area contributed by atoms with Crippen LogP contribution in [0.15, 0.2) is 12.1 Å². The maximum absolute atomic E-state index is 13.0. The van der Waals surface area contributed by atoms with E-state index in [4.69, 9.17) is 9.47 Å². The number of carbonyl (C=O) groups excluding carboxylic acids is 2. The van der Waals surface area contributed by atoms with Crippen molar-refractivity contribution in [2.45, 2.75) is 58.9 Å². The normalized spacial score (nSPS) is 15.8. The molecule has 0 aromatic heterocycles. The van der Waals surface area contributed by atoms with Gasteiger partial charge in [-0.05, 0) is 49.4 Å². The summed E-state index contributed by atoms with van der Waals surface area (Å²) in [6, 6.07) is 3.91. The average molecular weight is 391 g/mol. The first kappa shape index (κ1) is 22.1. The standard InChI is InChI=1S/C22H34N2O4/c1-6-8-9-21(25)23(11-7-2)15-22(26)24-12-10-17-13-19(27-4)20(28-5)14-18(17)16(24)3/h13-14,16H,6-12,15H2,1-5H3. The molecule has 6 heteroatoms. The molecule has 1 aliphatic rings. The summed E-state index contributed by atoms with van der Waals surface area (Å²) in [6.07, 6.45) is 3.97. The zero-order valence-corrected chi connectivity index (χ0v) is 17.9. The molecule has 0 saturated heterocycles. The second-order valence-corrected chi connectivity index (χ2v) is 7.34. The lowest BCUT2D eigenvalue weighted by Crippen LogP contribution is -2.46. The number of carbonyl (C=O) groups is 2. The van der Waals surface area contributed by atoms with Crippen molar-refractivity contribution in [3.63, 3.8) is 0 Å². The van der Waals surface area contributed by atoms with Gasteiger partial charge in [0.1, 0.15) is 0 Å². The number of nitrogens with zero attached hydrogens (tertiary/aromatic N) is 2. The molecule has 0 radical (unpaired) electrons. The second kappa shape index (κ2) is 10.3. The fraction of sp³-hybridized carbons (Fsp3) is 0.636. The summed E-state index contributed by atoms with van der Waals surface area (Å²) in [4.78, 5) is 29.1. The van der Waals surface area contributed by atoms with E-state index in [1.54, 1.807) is 19.1 Å². The molecule has 1 aromatic rings. The Morgan fingerprint density at radius 2 is 1.82 bits per heavy atom. The van der Waals surface area contributed by atoms with Crippen molar-refractivity contribution in [1.82, 2.24) is 9.80 Å². The molecule has 6 nitrogen and oxygen atoms in total. The van der Waals surface area contributed by atoms with Crippen LogP contribution in [0.2, 0.25) is 0 Å². The summed E-state index contributed by atoms with van der Waals surface area (Å²) in [5.41, 5.74) is 2.26. The number of ether oxygens (including phenoxy) is 2. The topological polar surface area (TPSA) is 59.1 Å². The van der Waals surface area contributed by atoms with E-state index in [-0.39, 0.29) is 24.4 Å². The van der Waals surface area contributed by atoms with Gasteiger partial charge in [0, 0.05) is 19.5 Å². The Kier molecular flexibility index (Phi) is 8.15. The van der Waals surface area contributed by atoms with Crippen LogP contribution in [0, 0.1) is 0 Å². The Morgan fingerprint density at radius 3 is 2.43 bits per heavy atom. The molecule has 2 rings (SSSR count). The predicted octanol–water partition coefficient (Wildman–Crippen LogP) is 3.58. The molecular weight excluding hydrogens is 356 g/mol. The summed E-state index contributed by atoms with van der Waals surface area (Å²) in [5, 5.41) is 0. The van der Waals surface area contributed by atoms with Gasteiger partial charge >= 0.3 is 0 Å². The van der Waals surface area contributed by atoms with Crippen LogP contribution in [0.4, 0.5) is 0 Å². The number of methoxy groups -OCH3 is 2. The van der Waals surface area contributed by atoms with E-state index in [0.29, 0.717) is 31.0 Å². The number of amides is 2. The number of hydrogen-bond donors (Lipinski definition) is 0. The first-order valence-corrected chi connectivity index (χ1v) is 10.3. The number of unbranched alkanes of at least 4 members (excludes halogenated alkanes) is 1. The fourth-order valence-electron chi connectivity index (χ4n) is 3.79. The van der Waals surface area contributed by atoms with Crippen LogP contribution in [0.1, 0.15) is 63.6 Å². The predicted molar refractivity (Wildman–Crippen MR) is 110 cm³/mol. The lowest BCUT2D eigenvalue weighted by molar-refractivity contribution is -0.142. The number of rotatable bonds is 9. The van der Waals surface area contributed by atoms with E-state index in [0.717, 1.165) is 31.2 Å².